The van der Waals surface area contributed by atoms with E-state index in [-0.39, 0.29) is 12.4 Å². The van der Waals surface area contributed by atoms with Crippen molar-refractivity contribution in [3.63, 3.8) is 0 Å². The molecule has 0 amide bonds. The highest BCUT2D eigenvalue weighted by molar-refractivity contribution is 6.52. The molecule has 0 aromatic heterocycles. The van der Waals surface area contributed by atoms with E-state index in [0.717, 1.165) is 13.0 Å². The average molecular weight is 244 g/mol. The van der Waals surface area contributed by atoms with Crippen LogP contribution in [0.4, 0.5) is 0 Å². The summed E-state index contributed by atoms with van der Waals surface area (Å²) in [4.78, 5) is 0. The van der Waals surface area contributed by atoms with Crippen LogP contribution < -0.4 is 12.4 Å². The van der Waals surface area contributed by atoms with Gasteiger partial charge in [0, 0.05) is 21.3 Å². The molecule has 88 valence electrons. The highest BCUT2D eigenvalue weighted by Gasteiger charge is 2.59. The summed E-state index contributed by atoms with van der Waals surface area (Å²) in [6.07, 6.45) is 1.08. The lowest BCUT2D eigenvalue weighted by molar-refractivity contribution is -0.819. The van der Waals surface area contributed by atoms with Gasteiger partial charge in [0.15, 0.2) is 0 Å². The molecule has 0 fully saturated rings. The van der Waals surface area contributed by atoms with Gasteiger partial charge in [0.2, 0.25) is 0 Å². The van der Waals surface area contributed by atoms with Crippen molar-refractivity contribution in [3.8, 4) is 0 Å². The maximum atomic E-state index is 5.42. The van der Waals surface area contributed by atoms with Crippen LogP contribution in [0.1, 0.15) is 13.3 Å². The van der Waals surface area contributed by atoms with Crippen LogP contribution in [0.2, 0.25) is 0 Å². The molecular weight excluding hydrogens is 222 g/mol. The number of halogens is 1. The predicted molar refractivity (Wildman–Crippen MR) is 54.0 cm³/mol. The van der Waals surface area contributed by atoms with E-state index < -0.39 is 8.97 Å². The van der Waals surface area contributed by atoms with Crippen molar-refractivity contribution >= 4 is 8.97 Å². The Morgan fingerprint density at radius 2 is 1.36 bits per heavy atom. The van der Waals surface area contributed by atoms with Crippen molar-refractivity contribution in [3.05, 3.63) is 0 Å². The van der Waals surface area contributed by atoms with Crippen LogP contribution in [0.25, 0.3) is 0 Å². The van der Waals surface area contributed by atoms with Gasteiger partial charge in [-0.1, -0.05) is 6.92 Å². The number of hydrogen-bond donors (Lipinski definition) is 0. The summed E-state index contributed by atoms with van der Waals surface area (Å²) in [5, 5.41) is 0. The maximum absolute atomic E-state index is 5.42. The molecule has 4 nitrogen and oxygen atoms in total. The summed E-state index contributed by atoms with van der Waals surface area (Å²) >= 11 is 0. The van der Waals surface area contributed by atoms with Gasteiger partial charge >= 0.3 is 8.97 Å². The van der Waals surface area contributed by atoms with E-state index >= 15 is 0 Å². The molecule has 0 radical (unpaired) electrons. The van der Waals surface area contributed by atoms with Gasteiger partial charge in [-0.3, -0.25) is 0 Å². The summed E-state index contributed by atoms with van der Waals surface area (Å²) in [5.74, 6) is 0. The quantitative estimate of drug-likeness (QED) is 0.498. The van der Waals surface area contributed by atoms with E-state index in [1.54, 1.807) is 21.3 Å². The topological polar surface area (TPSA) is 27.7 Å². The Labute approximate surface area is 94.6 Å². The fourth-order valence-corrected chi connectivity index (χ4v) is 4.17. The zero-order chi connectivity index (χ0) is 10.5. The molecule has 0 atom stereocenters. The first-order chi connectivity index (χ1) is 5.99. The molecule has 0 aromatic carbocycles. The fourth-order valence-electron chi connectivity index (χ4n) is 1.69. The minimum Gasteiger partial charge on any atom is -1.00 e. The lowest BCUT2D eigenvalue weighted by Crippen LogP contribution is -3.00. The standard InChI is InChI=1S/C8H22NO3Si.ClH/c1-7-8-9(2,3)13(10-4,11-5)12-6;/h7-8H2,1-6H3;1H/q+1;/p-1. The van der Waals surface area contributed by atoms with Crippen molar-refractivity contribution < 1.29 is 29.8 Å². The smallest absolute Gasteiger partial charge is 0.783 e. The Balaban J connectivity index is 0. The Kier molecular flexibility index (Phi) is 8.10. The predicted octanol–water partition coefficient (Wildman–Crippen LogP) is -2.15. The molecule has 0 aliphatic carbocycles. The first kappa shape index (κ1) is 16.8. The number of rotatable bonds is 6. The van der Waals surface area contributed by atoms with Crippen LogP contribution in [0.3, 0.4) is 0 Å². The van der Waals surface area contributed by atoms with Gasteiger partial charge in [-0.05, 0) is 6.42 Å². The highest BCUT2D eigenvalue weighted by Crippen LogP contribution is 2.18. The molecule has 0 rings (SSSR count). The van der Waals surface area contributed by atoms with Gasteiger partial charge in [0.1, 0.15) is 0 Å². The second kappa shape index (κ2) is 6.76. The number of nitrogens with zero attached hydrogens (tertiary/aromatic N) is 1. The molecule has 6 heteroatoms. The van der Waals surface area contributed by atoms with Crippen molar-refractivity contribution in [1.82, 2.24) is 0 Å². The van der Waals surface area contributed by atoms with Crippen LogP contribution in [0, 0.1) is 0 Å². The molecule has 14 heavy (non-hydrogen) atoms. The van der Waals surface area contributed by atoms with Gasteiger partial charge in [-0.2, -0.15) is 0 Å². The molecule has 0 bridgehead atoms. The van der Waals surface area contributed by atoms with Crippen molar-refractivity contribution in [2.75, 3.05) is 42.0 Å². The largest absolute Gasteiger partial charge is 1.00 e. The SMILES string of the molecule is CCC[N+](C)(C)[Si](OC)(OC)OC.[Cl-]. The zero-order valence-electron chi connectivity index (χ0n) is 9.96. The third-order valence-corrected chi connectivity index (χ3v) is 5.55. The van der Waals surface area contributed by atoms with Gasteiger partial charge < -0.3 is 29.8 Å². The van der Waals surface area contributed by atoms with Crippen LogP contribution in [-0.4, -0.2) is 55.1 Å². The van der Waals surface area contributed by atoms with Crippen LogP contribution in [0.15, 0.2) is 0 Å². The second-order valence-electron chi connectivity index (χ2n) is 3.54. The minimum absolute atomic E-state index is 0. The molecule has 0 heterocycles. The van der Waals surface area contributed by atoms with Gasteiger partial charge in [0.05, 0.1) is 20.6 Å². The van der Waals surface area contributed by atoms with E-state index in [2.05, 4.69) is 21.0 Å². The van der Waals surface area contributed by atoms with E-state index in [0.29, 0.717) is 4.15 Å². The molecule has 0 saturated carbocycles. The van der Waals surface area contributed by atoms with Gasteiger partial charge in [0.25, 0.3) is 0 Å². The molecule has 0 aliphatic rings. The first-order valence-electron chi connectivity index (χ1n) is 4.48. The molecule has 0 aliphatic heterocycles. The van der Waals surface area contributed by atoms with E-state index in [1.807, 2.05) is 0 Å². The molecule has 0 unspecified atom stereocenters. The van der Waals surface area contributed by atoms with Gasteiger partial charge in [-0.15, -0.1) is 0 Å². The molecule has 0 aromatic rings. The van der Waals surface area contributed by atoms with Crippen LogP contribution in [0.5, 0.6) is 0 Å². The lowest BCUT2D eigenvalue weighted by atomic mass is 10.5. The van der Waals surface area contributed by atoms with Crippen molar-refractivity contribution in [2.45, 2.75) is 13.3 Å². The monoisotopic (exact) mass is 243 g/mol. The van der Waals surface area contributed by atoms with E-state index in [4.69, 9.17) is 13.3 Å². The summed E-state index contributed by atoms with van der Waals surface area (Å²) in [7, 11) is 6.57. The molecule has 0 N–H and O–H groups in total. The molecule has 0 saturated heterocycles. The number of quaternary nitrogens is 1. The lowest BCUT2D eigenvalue weighted by Gasteiger charge is -2.39. The summed E-state index contributed by atoms with van der Waals surface area (Å²) in [6.45, 7) is 3.13. The first-order valence-corrected chi connectivity index (χ1v) is 6.15. The van der Waals surface area contributed by atoms with Gasteiger partial charge in [-0.25, -0.2) is 0 Å². The Hall–Kier alpha value is 0.347. The Morgan fingerprint density at radius 3 is 1.57 bits per heavy atom. The molecular formula is C8H22ClNO3Si. The Morgan fingerprint density at radius 1 is 1.00 bits per heavy atom. The summed E-state index contributed by atoms with van der Waals surface area (Å²) in [5.41, 5.74) is 0. The third kappa shape index (κ3) is 3.18. The highest BCUT2D eigenvalue weighted by atomic mass is 35.5. The van der Waals surface area contributed by atoms with Crippen LogP contribution in [-0.2, 0) is 13.3 Å². The second-order valence-corrected chi connectivity index (χ2v) is 7.03. The zero-order valence-corrected chi connectivity index (χ0v) is 11.7. The number of hydrogen-bond acceptors (Lipinski definition) is 3. The molecule has 0 spiro atoms. The summed E-state index contributed by atoms with van der Waals surface area (Å²) < 4.78 is 16.9. The third-order valence-electron chi connectivity index (χ3n) is 2.30. The van der Waals surface area contributed by atoms with E-state index in [1.165, 1.54) is 0 Å². The minimum atomic E-state index is -2.53. The normalized spacial score (nSPS) is 12.4. The van der Waals surface area contributed by atoms with E-state index in [9.17, 15) is 0 Å². The fraction of sp³-hybridized carbons (Fsp3) is 1.00. The van der Waals surface area contributed by atoms with Crippen molar-refractivity contribution in [1.29, 1.82) is 0 Å². The Bertz CT molecular complexity index is 145. The maximum Gasteiger partial charge on any atom is 0.783 e. The summed E-state index contributed by atoms with van der Waals surface area (Å²) in [6, 6.07) is 0. The van der Waals surface area contributed by atoms with Crippen molar-refractivity contribution in [2.24, 2.45) is 0 Å². The average Bonchev–Trinajstić information content (AvgIpc) is 2.07. The van der Waals surface area contributed by atoms with Crippen LogP contribution >= 0.6 is 0 Å².